The summed E-state index contributed by atoms with van der Waals surface area (Å²) in [5.41, 5.74) is 10.5. The molecule has 0 saturated heterocycles. The number of rotatable bonds is 1. The molecule has 0 radical (unpaired) electrons. The molecule has 0 aliphatic carbocycles. The predicted octanol–water partition coefficient (Wildman–Crippen LogP) is 3.74. The number of nitrogens with zero attached hydrogens (tertiary/aromatic N) is 2. The molecule has 3 heterocycles. The Morgan fingerprint density at radius 1 is 1.35 bits per heavy atom. The predicted molar refractivity (Wildman–Crippen MR) is 81.1 cm³/mol. The second-order valence-corrected chi connectivity index (χ2v) is 5.84. The van der Waals surface area contributed by atoms with Gasteiger partial charge in [-0.05, 0) is 12.5 Å². The first kappa shape index (κ1) is 12.3. The summed E-state index contributed by atoms with van der Waals surface area (Å²) >= 11 is 12.6. The number of nitrogens with two attached hydrogens (primary N) is 1. The highest BCUT2D eigenvalue weighted by Crippen LogP contribution is 2.45. The van der Waals surface area contributed by atoms with Gasteiger partial charge in [0.2, 0.25) is 0 Å². The number of halogens is 2. The minimum Gasteiger partial charge on any atom is -0.341 e. The van der Waals surface area contributed by atoms with Crippen molar-refractivity contribution in [2.45, 2.75) is 19.0 Å². The molecule has 20 heavy (non-hydrogen) atoms. The number of H-pyrrole nitrogens is 1. The maximum absolute atomic E-state index is 6.42. The molecule has 0 fully saturated rings. The van der Waals surface area contributed by atoms with Crippen molar-refractivity contribution in [1.29, 1.82) is 0 Å². The SMILES string of the molecule is NC1CCn2c1c(-c1cn[nH]c1)c1ccc(Cl)c(Cl)c12. The summed E-state index contributed by atoms with van der Waals surface area (Å²) in [6, 6.07) is 3.85. The Labute approximate surface area is 125 Å². The van der Waals surface area contributed by atoms with E-state index in [1.165, 1.54) is 0 Å². The van der Waals surface area contributed by atoms with E-state index in [2.05, 4.69) is 14.8 Å². The molecule has 0 bridgehead atoms. The van der Waals surface area contributed by atoms with E-state index in [-0.39, 0.29) is 6.04 Å². The summed E-state index contributed by atoms with van der Waals surface area (Å²) in [6.45, 7) is 0.866. The maximum Gasteiger partial charge on any atom is 0.0835 e. The fraction of sp³-hybridized carbons (Fsp3) is 0.214. The highest BCUT2D eigenvalue weighted by atomic mass is 35.5. The number of benzene rings is 1. The zero-order chi connectivity index (χ0) is 13.9. The van der Waals surface area contributed by atoms with Crippen molar-refractivity contribution in [3.8, 4) is 11.1 Å². The van der Waals surface area contributed by atoms with Gasteiger partial charge < -0.3 is 10.3 Å². The normalized spacial score (nSPS) is 17.9. The van der Waals surface area contributed by atoms with Gasteiger partial charge >= 0.3 is 0 Å². The Morgan fingerprint density at radius 2 is 2.20 bits per heavy atom. The van der Waals surface area contributed by atoms with Crippen molar-refractivity contribution in [2.24, 2.45) is 5.73 Å². The summed E-state index contributed by atoms with van der Waals surface area (Å²) in [5, 5.41) is 9.13. The molecule has 6 heteroatoms. The molecular formula is C14H12Cl2N4. The van der Waals surface area contributed by atoms with Crippen molar-refractivity contribution in [1.82, 2.24) is 14.8 Å². The molecule has 1 aliphatic heterocycles. The summed E-state index contributed by atoms with van der Waals surface area (Å²) in [7, 11) is 0. The maximum atomic E-state index is 6.42. The molecular weight excluding hydrogens is 295 g/mol. The summed E-state index contributed by atoms with van der Waals surface area (Å²) < 4.78 is 2.19. The van der Waals surface area contributed by atoms with E-state index in [1.54, 1.807) is 0 Å². The Kier molecular flexibility index (Phi) is 2.61. The monoisotopic (exact) mass is 306 g/mol. The van der Waals surface area contributed by atoms with Crippen LogP contribution < -0.4 is 5.73 Å². The molecule has 4 rings (SSSR count). The zero-order valence-corrected chi connectivity index (χ0v) is 12.0. The van der Waals surface area contributed by atoms with E-state index in [4.69, 9.17) is 28.9 Å². The Morgan fingerprint density at radius 3 is 2.95 bits per heavy atom. The molecule has 1 atom stereocenters. The van der Waals surface area contributed by atoms with Gasteiger partial charge in [-0.25, -0.2) is 0 Å². The second-order valence-electron chi connectivity index (χ2n) is 5.05. The van der Waals surface area contributed by atoms with E-state index >= 15 is 0 Å². The van der Waals surface area contributed by atoms with Crippen LogP contribution in [0.25, 0.3) is 22.0 Å². The minimum atomic E-state index is 0.0159. The van der Waals surface area contributed by atoms with Crippen LogP contribution >= 0.6 is 23.2 Å². The fourth-order valence-electron chi connectivity index (χ4n) is 3.11. The highest BCUT2D eigenvalue weighted by molar-refractivity contribution is 6.45. The van der Waals surface area contributed by atoms with Crippen LogP contribution in [0.15, 0.2) is 24.5 Å². The highest BCUT2D eigenvalue weighted by Gasteiger charge is 2.29. The Balaban J connectivity index is 2.18. The van der Waals surface area contributed by atoms with Crippen LogP contribution in [0.5, 0.6) is 0 Å². The molecule has 0 spiro atoms. The van der Waals surface area contributed by atoms with Crippen LogP contribution in [0.2, 0.25) is 10.0 Å². The van der Waals surface area contributed by atoms with E-state index in [9.17, 15) is 0 Å². The molecule has 2 aromatic heterocycles. The summed E-state index contributed by atoms with van der Waals surface area (Å²) in [4.78, 5) is 0. The van der Waals surface area contributed by atoms with Crippen LogP contribution in [-0.4, -0.2) is 14.8 Å². The zero-order valence-electron chi connectivity index (χ0n) is 10.5. The lowest BCUT2D eigenvalue weighted by Gasteiger charge is -2.05. The minimum absolute atomic E-state index is 0.0159. The lowest BCUT2D eigenvalue weighted by molar-refractivity contribution is 0.691. The molecule has 0 saturated carbocycles. The van der Waals surface area contributed by atoms with Gasteiger partial charge in [0.1, 0.15) is 0 Å². The van der Waals surface area contributed by atoms with Gasteiger partial charge in [0.05, 0.1) is 21.8 Å². The first-order valence-corrected chi connectivity index (χ1v) is 7.19. The molecule has 1 aromatic carbocycles. The van der Waals surface area contributed by atoms with Gasteiger partial charge in [0, 0.05) is 41.0 Å². The largest absolute Gasteiger partial charge is 0.341 e. The molecule has 1 aliphatic rings. The van der Waals surface area contributed by atoms with Gasteiger partial charge in [-0.3, -0.25) is 5.10 Å². The van der Waals surface area contributed by atoms with Gasteiger partial charge in [-0.2, -0.15) is 5.10 Å². The first-order chi connectivity index (χ1) is 9.68. The van der Waals surface area contributed by atoms with E-state index in [1.807, 2.05) is 24.5 Å². The smallest absolute Gasteiger partial charge is 0.0835 e. The molecule has 102 valence electrons. The number of aryl methyl sites for hydroxylation is 1. The van der Waals surface area contributed by atoms with Crippen LogP contribution in [0, 0.1) is 0 Å². The van der Waals surface area contributed by atoms with Gasteiger partial charge in [-0.1, -0.05) is 29.3 Å². The number of hydrogen-bond donors (Lipinski definition) is 2. The summed E-state index contributed by atoms with van der Waals surface area (Å²) in [5.74, 6) is 0. The van der Waals surface area contributed by atoms with Crippen molar-refractivity contribution >= 4 is 34.1 Å². The lowest BCUT2D eigenvalue weighted by atomic mass is 10.0. The Hall–Kier alpha value is -1.49. The molecule has 4 nitrogen and oxygen atoms in total. The first-order valence-electron chi connectivity index (χ1n) is 6.43. The van der Waals surface area contributed by atoms with Crippen LogP contribution in [-0.2, 0) is 6.54 Å². The number of aromatic nitrogens is 3. The van der Waals surface area contributed by atoms with Crippen molar-refractivity contribution < 1.29 is 0 Å². The van der Waals surface area contributed by atoms with Gasteiger partial charge in [-0.15, -0.1) is 0 Å². The van der Waals surface area contributed by atoms with Crippen LogP contribution in [0.3, 0.4) is 0 Å². The van der Waals surface area contributed by atoms with Crippen molar-refractivity contribution in [2.75, 3.05) is 0 Å². The van der Waals surface area contributed by atoms with Crippen molar-refractivity contribution in [3.05, 3.63) is 40.3 Å². The average Bonchev–Trinajstić information content (AvgIpc) is 3.11. The standard InChI is InChI=1S/C14H12Cl2N4/c15-9-2-1-8-11(7-5-18-19-6-7)14-10(17)3-4-20(14)13(8)12(9)16/h1-2,5-6,10H,3-4,17H2,(H,18,19). The third-order valence-corrected chi connectivity index (χ3v) is 4.75. The Bertz CT molecular complexity index is 805. The third kappa shape index (κ3) is 1.50. The van der Waals surface area contributed by atoms with E-state index < -0.39 is 0 Å². The molecule has 0 amide bonds. The topological polar surface area (TPSA) is 59.6 Å². The van der Waals surface area contributed by atoms with Crippen LogP contribution in [0.1, 0.15) is 18.2 Å². The second kappa shape index (κ2) is 4.25. The molecule has 3 aromatic rings. The van der Waals surface area contributed by atoms with E-state index in [0.717, 1.165) is 40.7 Å². The van der Waals surface area contributed by atoms with E-state index in [0.29, 0.717) is 10.0 Å². The quantitative estimate of drug-likeness (QED) is 0.719. The summed E-state index contributed by atoms with van der Waals surface area (Å²) in [6.07, 6.45) is 4.60. The number of hydrogen-bond acceptors (Lipinski definition) is 2. The molecule has 1 unspecified atom stereocenters. The molecule has 3 N–H and O–H groups in total. The van der Waals surface area contributed by atoms with Gasteiger partial charge in [0.25, 0.3) is 0 Å². The average molecular weight is 307 g/mol. The number of aromatic amines is 1. The fourth-order valence-corrected chi connectivity index (χ4v) is 3.53. The third-order valence-electron chi connectivity index (χ3n) is 3.96. The lowest BCUT2D eigenvalue weighted by Crippen LogP contribution is -2.06. The van der Waals surface area contributed by atoms with Crippen molar-refractivity contribution in [3.63, 3.8) is 0 Å². The van der Waals surface area contributed by atoms with Crippen LogP contribution in [0.4, 0.5) is 0 Å². The number of fused-ring (bicyclic) bond motifs is 3. The van der Waals surface area contributed by atoms with Gasteiger partial charge in [0.15, 0.2) is 0 Å². The number of nitrogens with one attached hydrogen (secondary N) is 1.